The van der Waals surface area contributed by atoms with E-state index in [0.717, 1.165) is 11.1 Å². The molecule has 108 valence electrons. The second-order valence-corrected chi connectivity index (χ2v) is 7.48. The molecule has 7 heteroatoms. The number of halogens is 1. The van der Waals surface area contributed by atoms with Crippen molar-refractivity contribution in [2.45, 2.75) is 17.9 Å². The van der Waals surface area contributed by atoms with E-state index in [1.807, 2.05) is 13.2 Å². The largest absolute Gasteiger partial charge is 0.240 e. The first-order chi connectivity index (χ1) is 9.42. The molecule has 2 aromatic rings. The van der Waals surface area contributed by atoms with Crippen molar-refractivity contribution in [3.8, 4) is 0 Å². The van der Waals surface area contributed by atoms with Crippen molar-refractivity contribution >= 4 is 44.3 Å². The fraction of sp³-hybridized carbons (Fsp3) is 0.308. The number of nitrogens with zero attached hydrogens (tertiary/aromatic N) is 1. The number of rotatable bonds is 5. The lowest BCUT2D eigenvalue weighted by atomic mass is 10.2. The summed E-state index contributed by atoms with van der Waals surface area (Å²) < 4.78 is 27.2. The third-order valence-corrected chi connectivity index (χ3v) is 5.34. The van der Waals surface area contributed by atoms with Crippen molar-refractivity contribution in [2.75, 3.05) is 12.0 Å². The van der Waals surface area contributed by atoms with Gasteiger partial charge in [-0.05, 0) is 43.5 Å². The van der Waals surface area contributed by atoms with Gasteiger partial charge in [0.05, 0.1) is 10.4 Å². The van der Waals surface area contributed by atoms with Gasteiger partial charge in [0.25, 0.3) is 0 Å². The van der Waals surface area contributed by atoms with Crippen molar-refractivity contribution in [3.05, 3.63) is 35.5 Å². The maximum atomic E-state index is 12.3. The molecule has 0 spiro atoms. The van der Waals surface area contributed by atoms with Gasteiger partial charge < -0.3 is 0 Å². The molecule has 1 atom stereocenters. The van der Waals surface area contributed by atoms with Crippen LogP contribution in [0.15, 0.2) is 35.2 Å². The number of aromatic nitrogens is 1. The second kappa shape index (κ2) is 6.30. The molecular weight excluding hydrogens is 316 g/mol. The number of hydrogen-bond acceptors (Lipinski definition) is 4. The zero-order chi connectivity index (χ0) is 14.8. The summed E-state index contributed by atoms with van der Waals surface area (Å²) in [4.78, 5) is 4.37. The summed E-state index contributed by atoms with van der Waals surface area (Å²) in [5, 5.41) is 1.13. The molecule has 0 aliphatic heterocycles. The van der Waals surface area contributed by atoms with Crippen LogP contribution in [0, 0.1) is 0 Å². The molecule has 1 N–H and O–H groups in total. The van der Waals surface area contributed by atoms with Gasteiger partial charge in [0.15, 0.2) is 0 Å². The Hall–Kier alpha value is -0.820. The summed E-state index contributed by atoms with van der Waals surface area (Å²) in [5.41, 5.74) is 0.675. The van der Waals surface area contributed by atoms with E-state index in [9.17, 15) is 8.42 Å². The van der Waals surface area contributed by atoms with Crippen LogP contribution in [0.3, 0.4) is 0 Å². The van der Waals surface area contributed by atoms with Crippen molar-refractivity contribution in [1.82, 2.24) is 9.71 Å². The molecule has 0 radical (unpaired) electrons. The predicted molar refractivity (Wildman–Crippen MR) is 84.9 cm³/mol. The van der Waals surface area contributed by atoms with Gasteiger partial charge in [0.1, 0.15) is 5.15 Å². The standard InChI is InChI=1S/C13H15ClN2O2S2/c1-9(8-19-2)16-20(17,18)11-4-5-12-10(7-11)3-6-13(14)15-12/h3-7,9,16H,8H2,1-2H3. The van der Waals surface area contributed by atoms with Crippen LogP contribution in [0.4, 0.5) is 0 Å². The molecule has 0 fully saturated rings. The van der Waals surface area contributed by atoms with Crippen molar-refractivity contribution in [1.29, 1.82) is 0 Å². The highest BCUT2D eigenvalue weighted by molar-refractivity contribution is 7.98. The van der Waals surface area contributed by atoms with Gasteiger partial charge >= 0.3 is 0 Å². The number of thioether (sulfide) groups is 1. The molecule has 4 nitrogen and oxygen atoms in total. The van der Waals surface area contributed by atoms with Gasteiger partial charge in [0.2, 0.25) is 10.0 Å². The molecule has 0 bridgehead atoms. The van der Waals surface area contributed by atoms with Gasteiger partial charge in [-0.3, -0.25) is 0 Å². The third kappa shape index (κ3) is 3.63. The molecule has 0 aliphatic carbocycles. The smallest absolute Gasteiger partial charge is 0.236 e. The second-order valence-electron chi connectivity index (χ2n) is 4.47. The zero-order valence-electron chi connectivity index (χ0n) is 11.1. The Balaban J connectivity index is 2.34. The fourth-order valence-corrected chi connectivity index (χ4v) is 3.98. The molecule has 2 rings (SSSR count). The van der Waals surface area contributed by atoms with E-state index in [-0.39, 0.29) is 10.9 Å². The van der Waals surface area contributed by atoms with Gasteiger partial charge in [-0.25, -0.2) is 18.1 Å². The van der Waals surface area contributed by atoms with E-state index >= 15 is 0 Å². The lowest BCUT2D eigenvalue weighted by Crippen LogP contribution is -2.34. The summed E-state index contributed by atoms with van der Waals surface area (Å²) >= 11 is 7.41. The maximum absolute atomic E-state index is 12.3. The Kier molecular flexibility index (Phi) is 4.90. The quantitative estimate of drug-likeness (QED) is 0.856. The van der Waals surface area contributed by atoms with Gasteiger partial charge in [0, 0.05) is 17.2 Å². The number of nitrogens with one attached hydrogen (secondary N) is 1. The van der Waals surface area contributed by atoms with Gasteiger partial charge in [-0.1, -0.05) is 11.6 Å². The fourth-order valence-electron chi connectivity index (χ4n) is 1.86. The van der Waals surface area contributed by atoms with Crippen molar-refractivity contribution in [3.63, 3.8) is 0 Å². The van der Waals surface area contributed by atoms with Crippen LogP contribution < -0.4 is 4.72 Å². The van der Waals surface area contributed by atoms with Crippen LogP contribution >= 0.6 is 23.4 Å². The molecular formula is C13H15ClN2O2S2. The predicted octanol–water partition coefficient (Wildman–Crippen LogP) is 2.92. The van der Waals surface area contributed by atoms with Crippen LogP contribution in [-0.4, -0.2) is 31.5 Å². The first-order valence-corrected chi connectivity index (χ1v) is 9.25. The van der Waals surface area contributed by atoms with Crippen LogP contribution in [0.1, 0.15) is 6.92 Å². The zero-order valence-corrected chi connectivity index (χ0v) is 13.5. The average Bonchev–Trinajstić information content (AvgIpc) is 2.37. The SMILES string of the molecule is CSCC(C)NS(=O)(=O)c1ccc2nc(Cl)ccc2c1. The minimum Gasteiger partial charge on any atom is -0.236 e. The molecule has 0 amide bonds. The molecule has 1 aromatic carbocycles. The minimum atomic E-state index is -3.51. The van der Waals surface area contributed by atoms with Gasteiger partial charge in [-0.2, -0.15) is 11.8 Å². The maximum Gasteiger partial charge on any atom is 0.240 e. The summed E-state index contributed by atoms with van der Waals surface area (Å²) in [7, 11) is -3.51. The average molecular weight is 331 g/mol. The van der Waals surface area contributed by atoms with E-state index in [2.05, 4.69) is 9.71 Å². The summed E-state index contributed by atoms with van der Waals surface area (Å²) in [6, 6.07) is 8.09. The molecule has 20 heavy (non-hydrogen) atoms. The first-order valence-electron chi connectivity index (χ1n) is 6.00. The van der Waals surface area contributed by atoms with E-state index in [1.54, 1.807) is 42.1 Å². The van der Waals surface area contributed by atoms with Crippen molar-refractivity contribution in [2.24, 2.45) is 0 Å². The Morgan fingerprint density at radius 1 is 1.35 bits per heavy atom. The Morgan fingerprint density at radius 3 is 2.80 bits per heavy atom. The Labute approximate surface area is 128 Å². The van der Waals surface area contributed by atoms with Crippen LogP contribution in [0.25, 0.3) is 10.9 Å². The summed E-state index contributed by atoms with van der Waals surface area (Å²) in [5.74, 6) is 0.726. The summed E-state index contributed by atoms with van der Waals surface area (Å²) in [6.07, 6.45) is 1.94. The van der Waals surface area contributed by atoms with Crippen LogP contribution in [-0.2, 0) is 10.0 Å². The Bertz CT molecular complexity index is 719. The van der Waals surface area contributed by atoms with E-state index in [0.29, 0.717) is 10.7 Å². The van der Waals surface area contributed by atoms with Crippen LogP contribution in [0.2, 0.25) is 5.15 Å². The number of pyridine rings is 1. The third-order valence-electron chi connectivity index (χ3n) is 2.71. The normalized spacial score (nSPS) is 13.6. The first kappa shape index (κ1) is 15.6. The lowest BCUT2D eigenvalue weighted by molar-refractivity contribution is 0.571. The number of sulfonamides is 1. The number of hydrogen-bond donors (Lipinski definition) is 1. The van der Waals surface area contributed by atoms with Crippen LogP contribution in [0.5, 0.6) is 0 Å². The number of fused-ring (bicyclic) bond motifs is 1. The van der Waals surface area contributed by atoms with Gasteiger partial charge in [-0.15, -0.1) is 0 Å². The Morgan fingerprint density at radius 2 is 2.10 bits per heavy atom. The molecule has 0 aliphatic rings. The monoisotopic (exact) mass is 330 g/mol. The molecule has 0 saturated heterocycles. The molecule has 1 aromatic heterocycles. The number of benzene rings is 1. The molecule has 0 saturated carbocycles. The van der Waals surface area contributed by atoms with E-state index in [1.165, 1.54) is 0 Å². The highest BCUT2D eigenvalue weighted by Gasteiger charge is 2.17. The topological polar surface area (TPSA) is 59.1 Å². The highest BCUT2D eigenvalue weighted by atomic mass is 35.5. The van der Waals surface area contributed by atoms with Crippen molar-refractivity contribution < 1.29 is 8.42 Å². The molecule has 1 unspecified atom stereocenters. The van der Waals surface area contributed by atoms with E-state index < -0.39 is 10.0 Å². The lowest BCUT2D eigenvalue weighted by Gasteiger charge is -2.13. The molecule has 1 heterocycles. The summed E-state index contributed by atoms with van der Waals surface area (Å²) in [6.45, 7) is 1.84. The highest BCUT2D eigenvalue weighted by Crippen LogP contribution is 2.20. The minimum absolute atomic E-state index is 0.117. The van der Waals surface area contributed by atoms with E-state index in [4.69, 9.17) is 11.6 Å².